The van der Waals surface area contributed by atoms with Gasteiger partial charge in [0.15, 0.2) is 6.10 Å². The second-order valence-corrected chi connectivity index (χ2v) is 7.62. The number of ether oxygens (including phenoxy) is 1. The fourth-order valence-electron chi connectivity index (χ4n) is 1.97. The Balaban J connectivity index is 1.99. The molecule has 2 atom stereocenters. The molecule has 1 saturated heterocycles. The minimum Gasteiger partial charge on any atom is -0.479 e. The molecule has 2 N–H and O–H groups in total. The lowest BCUT2D eigenvalue weighted by molar-refractivity contribution is -0.149. The van der Waals surface area contributed by atoms with Gasteiger partial charge in [-0.1, -0.05) is 11.6 Å². The molecule has 0 amide bonds. The van der Waals surface area contributed by atoms with Gasteiger partial charge in [-0.2, -0.15) is 0 Å². The summed E-state index contributed by atoms with van der Waals surface area (Å²) in [6.45, 7) is 0.0341. The molecule has 1 aliphatic heterocycles. The van der Waals surface area contributed by atoms with Crippen molar-refractivity contribution in [3.8, 4) is 0 Å². The Morgan fingerprint density at radius 2 is 2.19 bits per heavy atom. The van der Waals surface area contributed by atoms with Crippen molar-refractivity contribution in [2.75, 3.05) is 6.54 Å². The van der Waals surface area contributed by atoms with Crippen LogP contribution in [0.3, 0.4) is 0 Å². The van der Waals surface area contributed by atoms with E-state index in [1.54, 1.807) is 0 Å². The summed E-state index contributed by atoms with van der Waals surface area (Å²) in [5, 5.41) is 9.23. The number of hydrogen-bond donors (Lipinski definition) is 2. The fourth-order valence-corrected chi connectivity index (χ4v) is 3.71. The van der Waals surface area contributed by atoms with Crippen LogP contribution in [0.1, 0.15) is 12.8 Å². The molecule has 0 spiro atoms. The fraction of sp³-hybridized carbons (Fsp3) is 0.417. The molecule has 1 aromatic rings. The molecule has 1 aromatic carbocycles. The van der Waals surface area contributed by atoms with Gasteiger partial charge in [0.1, 0.15) is 0 Å². The van der Waals surface area contributed by atoms with Crippen molar-refractivity contribution in [2.24, 2.45) is 0 Å². The van der Waals surface area contributed by atoms with Crippen molar-refractivity contribution >= 4 is 43.5 Å². The zero-order chi connectivity index (χ0) is 15.6. The van der Waals surface area contributed by atoms with Crippen molar-refractivity contribution < 1.29 is 23.1 Å². The van der Waals surface area contributed by atoms with Crippen LogP contribution in [-0.4, -0.2) is 38.2 Å². The zero-order valence-electron chi connectivity index (χ0n) is 10.8. The molecular weight excluding hydrogens is 386 g/mol. The average molecular weight is 399 g/mol. The lowest BCUT2D eigenvalue weighted by Crippen LogP contribution is -2.33. The van der Waals surface area contributed by atoms with E-state index in [0.717, 1.165) is 0 Å². The Morgan fingerprint density at radius 3 is 2.76 bits per heavy atom. The van der Waals surface area contributed by atoms with Crippen LogP contribution in [0.2, 0.25) is 5.02 Å². The highest BCUT2D eigenvalue weighted by atomic mass is 79.9. The summed E-state index contributed by atoms with van der Waals surface area (Å²) in [4.78, 5) is 10.8. The van der Waals surface area contributed by atoms with E-state index in [9.17, 15) is 13.2 Å². The van der Waals surface area contributed by atoms with E-state index in [-0.39, 0.29) is 11.4 Å². The first-order valence-corrected chi connectivity index (χ1v) is 8.78. The second-order valence-electron chi connectivity index (χ2n) is 4.59. The summed E-state index contributed by atoms with van der Waals surface area (Å²) in [6, 6.07) is 4.28. The van der Waals surface area contributed by atoms with Gasteiger partial charge in [-0.3, -0.25) is 0 Å². The van der Waals surface area contributed by atoms with Crippen molar-refractivity contribution in [1.29, 1.82) is 0 Å². The van der Waals surface area contributed by atoms with Crippen LogP contribution in [-0.2, 0) is 19.6 Å². The number of rotatable bonds is 5. The van der Waals surface area contributed by atoms with Crippen molar-refractivity contribution in [3.05, 3.63) is 27.7 Å². The van der Waals surface area contributed by atoms with E-state index in [2.05, 4.69) is 20.7 Å². The first-order chi connectivity index (χ1) is 9.79. The maximum absolute atomic E-state index is 12.1. The standard InChI is InChI=1S/C12H13BrClNO5S/c13-9-5-8(2-3-10(9)14)21(18,19)15-6-7-1-4-11(20-7)12(16)17/h2-3,5,7,11,15H,1,4,6H2,(H,16,17). The van der Waals surface area contributed by atoms with Crippen molar-refractivity contribution in [1.82, 2.24) is 4.72 Å². The van der Waals surface area contributed by atoms with Crippen LogP contribution >= 0.6 is 27.5 Å². The molecule has 21 heavy (non-hydrogen) atoms. The summed E-state index contributed by atoms with van der Waals surface area (Å²) >= 11 is 8.98. The summed E-state index contributed by atoms with van der Waals surface area (Å²) in [5.74, 6) is -1.03. The number of halogens is 2. The Morgan fingerprint density at radius 1 is 1.48 bits per heavy atom. The zero-order valence-corrected chi connectivity index (χ0v) is 13.9. The van der Waals surface area contributed by atoms with Crippen molar-refractivity contribution in [3.63, 3.8) is 0 Å². The number of benzene rings is 1. The Kier molecular flexibility index (Phi) is 5.26. The highest BCUT2D eigenvalue weighted by Crippen LogP contribution is 2.25. The number of nitrogens with one attached hydrogen (secondary N) is 1. The molecular formula is C12H13BrClNO5S. The van der Waals surface area contributed by atoms with Gasteiger partial charge < -0.3 is 9.84 Å². The van der Waals surface area contributed by atoms with E-state index < -0.39 is 28.2 Å². The molecule has 0 bridgehead atoms. The third-order valence-corrected chi connectivity index (χ3v) is 5.72. The summed E-state index contributed by atoms with van der Waals surface area (Å²) < 4.78 is 32.4. The minimum atomic E-state index is -3.69. The maximum atomic E-state index is 12.1. The third-order valence-electron chi connectivity index (χ3n) is 3.09. The largest absolute Gasteiger partial charge is 0.479 e. The van der Waals surface area contributed by atoms with Gasteiger partial charge in [0, 0.05) is 11.0 Å². The molecule has 2 unspecified atom stereocenters. The number of hydrogen-bond acceptors (Lipinski definition) is 4. The number of carbonyl (C=O) groups is 1. The van der Waals surface area contributed by atoms with Crippen molar-refractivity contribution in [2.45, 2.75) is 29.9 Å². The maximum Gasteiger partial charge on any atom is 0.332 e. The first-order valence-electron chi connectivity index (χ1n) is 6.12. The van der Waals surface area contributed by atoms with Crippen LogP contribution < -0.4 is 4.72 Å². The van der Waals surface area contributed by atoms with E-state index in [4.69, 9.17) is 21.4 Å². The second kappa shape index (κ2) is 6.62. The van der Waals surface area contributed by atoms with Crippen LogP contribution in [0.25, 0.3) is 0 Å². The Hall–Kier alpha value is -0.670. The number of aliphatic carboxylic acids is 1. The van der Waals surface area contributed by atoms with Crippen LogP contribution in [0, 0.1) is 0 Å². The average Bonchev–Trinajstić information content (AvgIpc) is 2.89. The van der Waals surface area contributed by atoms with Gasteiger partial charge in [-0.25, -0.2) is 17.9 Å². The molecule has 116 valence electrons. The minimum absolute atomic E-state index is 0.0341. The van der Waals surface area contributed by atoms with E-state index in [0.29, 0.717) is 22.3 Å². The van der Waals surface area contributed by atoms with Crippen LogP contribution in [0.4, 0.5) is 0 Å². The lowest BCUT2D eigenvalue weighted by Gasteiger charge is -2.13. The van der Waals surface area contributed by atoms with E-state index >= 15 is 0 Å². The molecule has 1 aliphatic rings. The summed E-state index contributed by atoms with van der Waals surface area (Å²) in [6.07, 6.45) is -0.404. The topological polar surface area (TPSA) is 92.7 Å². The van der Waals surface area contributed by atoms with Gasteiger partial charge in [0.2, 0.25) is 10.0 Å². The van der Waals surface area contributed by atoms with E-state index in [1.807, 2.05) is 0 Å². The molecule has 0 radical (unpaired) electrons. The molecule has 1 fully saturated rings. The lowest BCUT2D eigenvalue weighted by atomic mass is 10.2. The summed E-state index contributed by atoms with van der Waals surface area (Å²) in [5.41, 5.74) is 0. The normalized spacial score (nSPS) is 22.4. The van der Waals surface area contributed by atoms with Gasteiger partial charge in [0.25, 0.3) is 0 Å². The first kappa shape index (κ1) is 16.7. The smallest absolute Gasteiger partial charge is 0.332 e. The molecule has 0 aromatic heterocycles. The highest BCUT2D eigenvalue weighted by molar-refractivity contribution is 9.10. The number of carboxylic acids is 1. The molecule has 6 nitrogen and oxygen atoms in total. The Labute approximate surface area is 135 Å². The van der Waals surface area contributed by atoms with E-state index in [1.165, 1.54) is 18.2 Å². The third kappa shape index (κ3) is 4.17. The molecule has 9 heteroatoms. The quantitative estimate of drug-likeness (QED) is 0.791. The van der Waals surface area contributed by atoms with Gasteiger partial charge >= 0.3 is 5.97 Å². The van der Waals surface area contributed by atoms with Crippen LogP contribution in [0.15, 0.2) is 27.6 Å². The number of carboxylic acid groups (broad SMARTS) is 1. The van der Waals surface area contributed by atoms with Gasteiger partial charge in [-0.05, 0) is 47.0 Å². The monoisotopic (exact) mass is 397 g/mol. The number of sulfonamides is 1. The van der Waals surface area contributed by atoms with Crippen LogP contribution in [0.5, 0.6) is 0 Å². The van der Waals surface area contributed by atoms with Gasteiger partial charge in [0.05, 0.1) is 16.0 Å². The molecule has 2 rings (SSSR count). The summed E-state index contributed by atoms with van der Waals surface area (Å²) in [7, 11) is -3.69. The molecule has 0 saturated carbocycles. The molecule has 0 aliphatic carbocycles. The molecule has 1 heterocycles. The SMILES string of the molecule is O=C(O)C1CCC(CNS(=O)(=O)c2ccc(Cl)c(Br)c2)O1. The highest BCUT2D eigenvalue weighted by Gasteiger charge is 2.31. The Bertz CT molecular complexity index is 651. The predicted octanol–water partition coefficient (Wildman–Crippen LogP) is 2.01. The predicted molar refractivity (Wildman–Crippen MR) is 79.9 cm³/mol. The van der Waals surface area contributed by atoms with Gasteiger partial charge in [-0.15, -0.1) is 0 Å².